The molecule has 0 aliphatic carbocycles. The quantitative estimate of drug-likeness (QED) is 0.757. The van der Waals surface area contributed by atoms with Crippen molar-refractivity contribution in [2.45, 2.75) is 6.54 Å². The fourth-order valence-electron chi connectivity index (χ4n) is 1.53. The van der Waals surface area contributed by atoms with Gasteiger partial charge in [-0.05, 0) is 34.1 Å². The van der Waals surface area contributed by atoms with Gasteiger partial charge in [-0.1, -0.05) is 17.7 Å². The lowest BCUT2D eigenvalue weighted by Crippen LogP contribution is -2.04. The molecular weight excluding hydrogens is 343 g/mol. The maximum Gasteiger partial charge on any atom is 0.161 e. The molecule has 2 aromatic rings. The molecular formula is C13H8BrClF3N. The van der Waals surface area contributed by atoms with E-state index in [1.807, 2.05) is 0 Å². The van der Waals surface area contributed by atoms with E-state index in [1.54, 1.807) is 18.2 Å². The van der Waals surface area contributed by atoms with Gasteiger partial charge in [0.1, 0.15) is 5.82 Å². The third-order valence-electron chi connectivity index (χ3n) is 2.51. The topological polar surface area (TPSA) is 12.0 Å². The van der Waals surface area contributed by atoms with E-state index in [4.69, 9.17) is 11.6 Å². The molecule has 2 rings (SSSR count). The van der Waals surface area contributed by atoms with Crippen LogP contribution >= 0.6 is 27.5 Å². The van der Waals surface area contributed by atoms with Crippen LogP contribution in [0.3, 0.4) is 0 Å². The molecule has 0 saturated carbocycles. The first-order chi connectivity index (χ1) is 8.99. The molecule has 0 saturated heterocycles. The molecule has 0 spiro atoms. The first-order valence-corrected chi connectivity index (χ1v) is 6.47. The summed E-state index contributed by atoms with van der Waals surface area (Å²) in [5.74, 6) is -3.09. The third-order valence-corrected chi connectivity index (χ3v) is 3.91. The fourth-order valence-corrected chi connectivity index (χ4v) is 2.11. The van der Waals surface area contributed by atoms with Gasteiger partial charge in [-0.15, -0.1) is 0 Å². The molecule has 6 heteroatoms. The number of hydrogen-bond donors (Lipinski definition) is 1. The van der Waals surface area contributed by atoms with Gasteiger partial charge in [-0.3, -0.25) is 0 Å². The molecule has 0 bridgehead atoms. The zero-order chi connectivity index (χ0) is 14.0. The van der Waals surface area contributed by atoms with Crippen LogP contribution in [-0.4, -0.2) is 0 Å². The molecule has 0 fully saturated rings. The van der Waals surface area contributed by atoms with E-state index in [0.29, 0.717) is 21.2 Å². The summed E-state index contributed by atoms with van der Waals surface area (Å²) in [6.45, 7) is 0.0158. The molecule has 0 amide bonds. The van der Waals surface area contributed by atoms with Gasteiger partial charge in [0.25, 0.3) is 0 Å². The fraction of sp³-hybridized carbons (Fsp3) is 0.0769. The highest BCUT2D eigenvalue weighted by molar-refractivity contribution is 9.10. The highest BCUT2D eigenvalue weighted by Crippen LogP contribution is 2.30. The van der Waals surface area contributed by atoms with Gasteiger partial charge in [0, 0.05) is 18.2 Å². The molecule has 1 N–H and O–H groups in total. The lowest BCUT2D eigenvalue weighted by atomic mass is 10.2. The summed E-state index contributed by atoms with van der Waals surface area (Å²) in [5.41, 5.74) is 0.669. The van der Waals surface area contributed by atoms with Crippen molar-refractivity contribution in [2.75, 3.05) is 5.32 Å². The molecule has 0 heterocycles. The van der Waals surface area contributed by atoms with E-state index in [0.717, 1.165) is 6.07 Å². The first kappa shape index (κ1) is 14.2. The Hall–Kier alpha value is -1.20. The molecule has 0 aromatic heterocycles. The van der Waals surface area contributed by atoms with Gasteiger partial charge in [-0.25, -0.2) is 13.2 Å². The molecule has 0 aliphatic heterocycles. The Morgan fingerprint density at radius 3 is 2.47 bits per heavy atom. The number of benzene rings is 2. The predicted molar refractivity (Wildman–Crippen MR) is 72.8 cm³/mol. The number of anilines is 1. The lowest BCUT2D eigenvalue weighted by Gasteiger charge is -2.10. The molecule has 100 valence electrons. The Labute approximate surface area is 121 Å². The van der Waals surface area contributed by atoms with Crippen LogP contribution in [0, 0.1) is 17.5 Å². The van der Waals surface area contributed by atoms with Crippen LogP contribution in [0.25, 0.3) is 0 Å². The highest BCUT2D eigenvalue weighted by atomic mass is 79.9. The molecule has 1 nitrogen and oxygen atoms in total. The number of halogens is 5. The largest absolute Gasteiger partial charge is 0.380 e. The standard InChI is InChI=1S/C13H8BrClF3N/c14-13-8(15)2-1-3-12(13)19-6-7-4-10(17)11(18)5-9(7)16/h1-5,19H,6H2. The Balaban J connectivity index is 2.19. The van der Waals surface area contributed by atoms with Gasteiger partial charge in [0.05, 0.1) is 15.2 Å². The minimum absolute atomic E-state index is 0.0158. The van der Waals surface area contributed by atoms with Crippen molar-refractivity contribution < 1.29 is 13.2 Å². The molecule has 2 aromatic carbocycles. The summed E-state index contributed by atoms with van der Waals surface area (Å²) in [5, 5.41) is 3.39. The number of rotatable bonds is 3. The van der Waals surface area contributed by atoms with Crippen LogP contribution in [-0.2, 0) is 6.54 Å². The second-order valence-electron chi connectivity index (χ2n) is 3.81. The minimum Gasteiger partial charge on any atom is -0.380 e. The van der Waals surface area contributed by atoms with Crippen molar-refractivity contribution in [3.63, 3.8) is 0 Å². The van der Waals surface area contributed by atoms with E-state index >= 15 is 0 Å². The van der Waals surface area contributed by atoms with E-state index in [2.05, 4.69) is 21.2 Å². The van der Waals surface area contributed by atoms with Crippen LogP contribution in [0.5, 0.6) is 0 Å². The summed E-state index contributed by atoms with van der Waals surface area (Å²) >= 11 is 9.18. The SMILES string of the molecule is Fc1cc(F)c(CNc2cccc(Cl)c2Br)cc1F. The smallest absolute Gasteiger partial charge is 0.161 e. The van der Waals surface area contributed by atoms with Crippen molar-refractivity contribution in [1.82, 2.24) is 0 Å². The predicted octanol–water partition coefficient (Wildman–Crippen LogP) is 5.13. The van der Waals surface area contributed by atoms with E-state index < -0.39 is 17.5 Å². The van der Waals surface area contributed by atoms with Gasteiger partial charge < -0.3 is 5.32 Å². The second kappa shape index (κ2) is 5.84. The van der Waals surface area contributed by atoms with Crippen LogP contribution in [0.1, 0.15) is 5.56 Å². The Morgan fingerprint density at radius 2 is 1.74 bits per heavy atom. The monoisotopic (exact) mass is 349 g/mol. The Morgan fingerprint density at radius 1 is 1.05 bits per heavy atom. The number of nitrogens with one attached hydrogen (secondary N) is 1. The van der Waals surface area contributed by atoms with Gasteiger partial charge in [-0.2, -0.15) is 0 Å². The van der Waals surface area contributed by atoms with Gasteiger partial charge >= 0.3 is 0 Å². The summed E-state index contributed by atoms with van der Waals surface area (Å²) in [4.78, 5) is 0. The highest BCUT2D eigenvalue weighted by Gasteiger charge is 2.10. The zero-order valence-electron chi connectivity index (χ0n) is 9.48. The van der Waals surface area contributed by atoms with Gasteiger partial charge in [0.2, 0.25) is 0 Å². The summed E-state index contributed by atoms with van der Waals surface area (Å²) in [7, 11) is 0. The molecule has 0 unspecified atom stereocenters. The molecule has 0 radical (unpaired) electrons. The molecule has 0 aliphatic rings. The Kier molecular flexibility index (Phi) is 4.37. The summed E-state index contributed by atoms with van der Waals surface area (Å²) in [6, 6.07) is 6.50. The Bertz CT molecular complexity index is 619. The first-order valence-electron chi connectivity index (χ1n) is 5.30. The normalized spacial score (nSPS) is 10.6. The lowest BCUT2D eigenvalue weighted by molar-refractivity contribution is 0.490. The van der Waals surface area contributed by atoms with Crippen molar-refractivity contribution in [1.29, 1.82) is 0 Å². The van der Waals surface area contributed by atoms with E-state index in [-0.39, 0.29) is 12.1 Å². The summed E-state index contributed by atoms with van der Waals surface area (Å²) < 4.78 is 39.9. The maximum absolute atomic E-state index is 13.4. The van der Waals surface area contributed by atoms with Crippen molar-refractivity contribution in [2.24, 2.45) is 0 Å². The maximum atomic E-state index is 13.4. The number of hydrogen-bond acceptors (Lipinski definition) is 1. The zero-order valence-corrected chi connectivity index (χ0v) is 11.8. The van der Waals surface area contributed by atoms with Crippen molar-refractivity contribution in [3.05, 3.63) is 62.8 Å². The van der Waals surface area contributed by atoms with E-state index in [1.165, 1.54) is 0 Å². The van der Waals surface area contributed by atoms with Crippen LogP contribution in [0.2, 0.25) is 5.02 Å². The van der Waals surface area contributed by atoms with Crippen LogP contribution in [0.15, 0.2) is 34.8 Å². The summed E-state index contributed by atoms with van der Waals surface area (Å²) in [6.07, 6.45) is 0. The average Bonchev–Trinajstić information content (AvgIpc) is 2.37. The van der Waals surface area contributed by atoms with Crippen molar-refractivity contribution in [3.8, 4) is 0 Å². The second-order valence-corrected chi connectivity index (χ2v) is 5.01. The van der Waals surface area contributed by atoms with Crippen LogP contribution < -0.4 is 5.32 Å². The van der Waals surface area contributed by atoms with Gasteiger partial charge in [0.15, 0.2) is 11.6 Å². The molecule has 0 atom stereocenters. The minimum atomic E-state index is -1.20. The van der Waals surface area contributed by atoms with E-state index in [9.17, 15) is 13.2 Å². The molecule has 19 heavy (non-hydrogen) atoms. The van der Waals surface area contributed by atoms with Crippen LogP contribution in [0.4, 0.5) is 18.9 Å². The average molecular weight is 351 g/mol. The van der Waals surface area contributed by atoms with Crippen molar-refractivity contribution >= 4 is 33.2 Å². The third kappa shape index (κ3) is 3.22.